The van der Waals surface area contributed by atoms with Crippen LogP contribution in [0.4, 0.5) is 0 Å². The highest BCUT2D eigenvalue weighted by atomic mass is 16.4. The minimum Gasteiger partial charge on any atom is -0.423 e. The van der Waals surface area contributed by atoms with E-state index in [1.165, 1.54) is 0 Å². The van der Waals surface area contributed by atoms with Crippen molar-refractivity contribution in [2.75, 3.05) is 0 Å². The van der Waals surface area contributed by atoms with Gasteiger partial charge in [0.15, 0.2) is 6.04 Å². The molecule has 0 aliphatic heterocycles. The molecule has 0 spiro atoms. The summed E-state index contributed by atoms with van der Waals surface area (Å²) in [5.74, 6) is -0.938. The normalized spacial score (nSPS) is 11.9. The van der Waals surface area contributed by atoms with Crippen LogP contribution in [0, 0.1) is 13.8 Å². The number of benzene rings is 1. The lowest BCUT2D eigenvalue weighted by Gasteiger charge is -2.12. The van der Waals surface area contributed by atoms with Crippen molar-refractivity contribution in [1.82, 2.24) is 15.5 Å². The third-order valence-electron chi connectivity index (χ3n) is 2.74. The van der Waals surface area contributed by atoms with Gasteiger partial charge in [-0.25, -0.2) is 0 Å². The summed E-state index contributed by atoms with van der Waals surface area (Å²) in [5, 5.41) is 9.81. The van der Waals surface area contributed by atoms with Crippen LogP contribution in [0.3, 0.4) is 0 Å². The molecule has 0 saturated carbocycles. The van der Waals surface area contributed by atoms with Gasteiger partial charge in [-0.1, -0.05) is 18.2 Å². The SMILES string of the molecule is Cc1nnc(C(NC(=O)c2ccccc2C)C(N)=O)o1. The average molecular weight is 274 g/mol. The van der Waals surface area contributed by atoms with Gasteiger partial charge < -0.3 is 15.5 Å². The zero-order valence-electron chi connectivity index (χ0n) is 11.1. The third-order valence-corrected chi connectivity index (χ3v) is 2.74. The minimum atomic E-state index is -1.15. The Balaban J connectivity index is 2.23. The number of amides is 2. The fraction of sp³-hybridized carbons (Fsp3) is 0.231. The van der Waals surface area contributed by atoms with Crippen molar-refractivity contribution in [2.45, 2.75) is 19.9 Å². The molecule has 1 aromatic carbocycles. The lowest BCUT2D eigenvalue weighted by atomic mass is 10.1. The lowest BCUT2D eigenvalue weighted by Crippen LogP contribution is -2.38. The van der Waals surface area contributed by atoms with Gasteiger partial charge in [-0.15, -0.1) is 10.2 Å². The Labute approximate surface area is 115 Å². The van der Waals surface area contributed by atoms with Gasteiger partial charge in [0.05, 0.1) is 0 Å². The zero-order chi connectivity index (χ0) is 14.7. The van der Waals surface area contributed by atoms with Crippen LogP contribution in [0.2, 0.25) is 0 Å². The van der Waals surface area contributed by atoms with Crippen LogP contribution < -0.4 is 11.1 Å². The van der Waals surface area contributed by atoms with Gasteiger partial charge in [0, 0.05) is 12.5 Å². The maximum Gasteiger partial charge on any atom is 0.252 e. The fourth-order valence-electron chi connectivity index (χ4n) is 1.72. The van der Waals surface area contributed by atoms with Crippen molar-refractivity contribution in [3.63, 3.8) is 0 Å². The molecule has 0 fully saturated rings. The first-order valence-corrected chi connectivity index (χ1v) is 5.95. The molecule has 0 radical (unpaired) electrons. The van der Waals surface area contributed by atoms with Crippen molar-refractivity contribution in [2.24, 2.45) is 5.73 Å². The van der Waals surface area contributed by atoms with Gasteiger partial charge in [0.1, 0.15) is 0 Å². The van der Waals surface area contributed by atoms with Crippen LogP contribution in [0.5, 0.6) is 0 Å². The monoisotopic (exact) mass is 274 g/mol. The maximum absolute atomic E-state index is 12.2. The minimum absolute atomic E-state index is 0.0306. The quantitative estimate of drug-likeness (QED) is 0.850. The smallest absolute Gasteiger partial charge is 0.252 e. The van der Waals surface area contributed by atoms with Gasteiger partial charge in [-0.3, -0.25) is 9.59 Å². The number of hydrogen-bond acceptors (Lipinski definition) is 5. The highest BCUT2D eigenvalue weighted by Gasteiger charge is 2.26. The van der Waals surface area contributed by atoms with Crippen molar-refractivity contribution < 1.29 is 14.0 Å². The maximum atomic E-state index is 12.2. The summed E-state index contributed by atoms with van der Waals surface area (Å²) in [5.41, 5.74) is 6.50. The molecular formula is C13H14N4O3. The second-order valence-corrected chi connectivity index (χ2v) is 4.28. The molecule has 2 aromatic rings. The molecule has 7 nitrogen and oxygen atoms in total. The first kappa shape index (κ1) is 13.7. The van der Waals surface area contributed by atoms with E-state index in [0.29, 0.717) is 5.56 Å². The van der Waals surface area contributed by atoms with Crippen LogP contribution in [0.25, 0.3) is 0 Å². The average Bonchev–Trinajstić information content (AvgIpc) is 2.82. The molecule has 1 heterocycles. The second kappa shape index (κ2) is 5.52. The molecule has 20 heavy (non-hydrogen) atoms. The molecule has 3 N–H and O–H groups in total. The number of rotatable bonds is 4. The van der Waals surface area contributed by atoms with E-state index in [1.54, 1.807) is 32.0 Å². The largest absolute Gasteiger partial charge is 0.423 e. The van der Waals surface area contributed by atoms with Gasteiger partial charge >= 0.3 is 0 Å². The topological polar surface area (TPSA) is 111 Å². The number of hydrogen-bond donors (Lipinski definition) is 2. The van der Waals surface area contributed by atoms with E-state index in [2.05, 4.69) is 15.5 Å². The predicted molar refractivity (Wildman–Crippen MR) is 69.6 cm³/mol. The Morgan fingerprint density at radius 3 is 2.50 bits per heavy atom. The van der Waals surface area contributed by atoms with E-state index in [1.807, 2.05) is 6.07 Å². The Hall–Kier alpha value is -2.70. The zero-order valence-corrected chi connectivity index (χ0v) is 11.1. The second-order valence-electron chi connectivity index (χ2n) is 4.28. The van der Waals surface area contributed by atoms with Crippen molar-refractivity contribution >= 4 is 11.8 Å². The summed E-state index contributed by atoms with van der Waals surface area (Å²) in [7, 11) is 0. The summed E-state index contributed by atoms with van der Waals surface area (Å²) in [6.45, 7) is 3.38. The molecule has 2 rings (SSSR count). The number of aryl methyl sites for hydroxylation is 2. The molecule has 1 aromatic heterocycles. The molecule has 1 atom stereocenters. The van der Waals surface area contributed by atoms with Gasteiger partial charge in [-0.2, -0.15) is 0 Å². The lowest BCUT2D eigenvalue weighted by molar-refractivity contribution is -0.120. The Morgan fingerprint density at radius 2 is 1.95 bits per heavy atom. The van der Waals surface area contributed by atoms with E-state index in [-0.39, 0.29) is 11.8 Å². The number of aromatic nitrogens is 2. The number of carbonyl (C=O) groups excluding carboxylic acids is 2. The van der Waals surface area contributed by atoms with Gasteiger partial charge in [0.25, 0.3) is 5.91 Å². The van der Waals surface area contributed by atoms with Crippen molar-refractivity contribution in [3.8, 4) is 0 Å². The summed E-state index contributed by atoms with van der Waals surface area (Å²) in [6, 6.07) is 5.85. The van der Waals surface area contributed by atoms with Crippen LogP contribution in [0.15, 0.2) is 28.7 Å². The first-order valence-electron chi connectivity index (χ1n) is 5.95. The van der Waals surface area contributed by atoms with Crippen molar-refractivity contribution in [3.05, 3.63) is 47.2 Å². The number of nitrogens with one attached hydrogen (secondary N) is 1. The van der Waals surface area contributed by atoms with E-state index in [9.17, 15) is 9.59 Å². The molecule has 7 heteroatoms. The number of carbonyl (C=O) groups is 2. The first-order chi connectivity index (χ1) is 9.49. The molecule has 0 aliphatic carbocycles. The number of primary amides is 1. The molecule has 0 aliphatic rings. The Bertz CT molecular complexity index is 651. The predicted octanol–water partition coefficient (Wildman–Crippen LogP) is 0.643. The van der Waals surface area contributed by atoms with E-state index < -0.39 is 17.9 Å². The van der Waals surface area contributed by atoms with Gasteiger partial charge in [0.2, 0.25) is 17.7 Å². The summed E-state index contributed by atoms with van der Waals surface area (Å²) >= 11 is 0. The highest BCUT2D eigenvalue weighted by Crippen LogP contribution is 2.13. The van der Waals surface area contributed by atoms with E-state index >= 15 is 0 Å². The third kappa shape index (κ3) is 2.82. The molecule has 1 unspecified atom stereocenters. The fourth-order valence-corrected chi connectivity index (χ4v) is 1.72. The molecule has 2 amide bonds. The number of nitrogens with zero attached hydrogens (tertiary/aromatic N) is 2. The van der Waals surface area contributed by atoms with Crippen LogP contribution >= 0.6 is 0 Å². The summed E-state index contributed by atoms with van der Waals surface area (Å²) in [6.07, 6.45) is 0. The van der Waals surface area contributed by atoms with E-state index in [4.69, 9.17) is 10.2 Å². The molecule has 0 bridgehead atoms. The van der Waals surface area contributed by atoms with Crippen LogP contribution in [0.1, 0.15) is 33.7 Å². The van der Waals surface area contributed by atoms with Gasteiger partial charge in [-0.05, 0) is 18.6 Å². The van der Waals surface area contributed by atoms with Crippen molar-refractivity contribution in [1.29, 1.82) is 0 Å². The highest BCUT2D eigenvalue weighted by molar-refractivity contribution is 5.98. The molecule has 104 valence electrons. The van der Waals surface area contributed by atoms with Crippen LogP contribution in [-0.4, -0.2) is 22.0 Å². The summed E-state index contributed by atoms with van der Waals surface area (Å²) < 4.78 is 5.14. The molecule has 0 saturated heterocycles. The number of nitrogens with two attached hydrogens (primary N) is 1. The van der Waals surface area contributed by atoms with E-state index in [0.717, 1.165) is 5.56 Å². The standard InChI is InChI=1S/C13H14N4O3/c1-7-5-3-4-6-9(7)12(19)15-10(11(14)18)13-17-16-8(2)20-13/h3-6,10H,1-2H3,(H2,14,18)(H,15,19). The van der Waals surface area contributed by atoms with Crippen LogP contribution in [-0.2, 0) is 4.79 Å². The Morgan fingerprint density at radius 1 is 1.25 bits per heavy atom. The molecular weight excluding hydrogens is 260 g/mol. The Kier molecular flexibility index (Phi) is 3.79. The summed E-state index contributed by atoms with van der Waals surface area (Å²) in [4.78, 5) is 23.6.